The molecule has 1 aromatic heterocycles. The highest BCUT2D eigenvalue weighted by Crippen LogP contribution is 2.22. The van der Waals surface area contributed by atoms with Crippen LogP contribution in [0.5, 0.6) is 0 Å². The predicted molar refractivity (Wildman–Crippen MR) is 83.0 cm³/mol. The van der Waals surface area contributed by atoms with Gasteiger partial charge in [-0.25, -0.2) is 8.78 Å². The molecule has 3 aromatic rings. The molecule has 0 aliphatic heterocycles. The molecular formula is C18H12F2N2O. The Labute approximate surface area is 130 Å². The molecular weight excluding hydrogens is 298 g/mol. The Morgan fingerprint density at radius 3 is 2.57 bits per heavy atom. The minimum atomic E-state index is -1.08. The van der Waals surface area contributed by atoms with Crippen molar-refractivity contribution in [3.8, 4) is 6.07 Å². The van der Waals surface area contributed by atoms with E-state index < -0.39 is 17.1 Å². The lowest BCUT2D eigenvalue weighted by molar-refractivity contribution is 0.501. The molecule has 0 aliphatic rings. The highest BCUT2D eigenvalue weighted by atomic mass is 19.2. The Kier molecular flexibility index (Phi) is 3.90. The largest absolute Gasteiger partial charge is 0.359 e. The zero-order chi connectivity index (χ0) is 16.4. The van der Waals surface area contributed by atoms with Crippen LogP contribution in [0.2, 0.25) is 0 Å². The van der Waals surface area contributed by atoms with Crippen molar-refractivity contribution in [2.45, 2.75) is 12.8 Å². The van der Waals surface area contributed by atoms with Crippen LogP contribution in [0.4, 0.5) is 8.78 Å². The third kappa shape index (κ3) is 2.71. The molecule has 0 radical (unpaired) electrons. The first-order chi connectivity index (χ1) is 11.1. The number of H-pyrrole nitrogens is 1. The number of hydrogen-bond acceptors (Lipinski definition) is 2. The fraction of sp³-hybridized carbons (Fsp3) is 0.111. The smallest absolute Gasteiger partial charge is 0.207 e. The molecule has 1 N–H and O–H groups in total. The van der Waals surface area contributed by atoms with Crippen molar-refractivity contribution in [2.24, 2.45) is 0 Å². The Morgan fingerprint density at radius 1 is 1.13 bits per heavy atom. The highest BCUT2D eigenvalue weighted by Gasteiger charge is 2.17. The van der Waals surface area contributed by atoms with Crippen LogP contribution in [-0.4, -0.2) is 4.98 Å². The summed E-state index contributed by atoms with van der Waals surface area (Å²) in [4.78, 5) is 14.9. The fourth-order valence-electron chi connectivity index (χ4n) is 2.61. The van der Waals surface area contributed by atoms with Gasteiger partial charge in [-0.3, -0.25) is 4.79 Å². The third-order valence-electron chi connectivity index (χ3n) is 3.79. The second kappa shape index (κ2) is 6.01. The average Bonchev–Trinajstić information content (AvgIpc) is 2.57. The monoisotopic (exact) mass is 310 g/mol. The first-order valence-electron chi connectivity index (χ1n) is 7.08. The number of nitrogens with zero attached hydrogens (tertiary/aromatic N) is 1. The number of halogens is 2. The van der Waals surface area contributed by atoms with Crippen molar-refractivity contribution in [3.05, 3.63) is 81.1 Å². The molecule has 23 heavy (non-hydrogen) atoms. The van der Waals surface area contributed by atoms with E-state index in [4.69, 9.17) is 5.26 Å². The van der Waals surface area contributed by atoms with E-state index in [0.29, 0.717) is 6.42 Å². The lowest BCUT2D eigenvalue weighted by Gasteiger charge is -2.09. The van der Waals surface area contributed by atoms with E-state index in [1.807, 2.05) is 30.3 Å². The second-order valence-electron chi connectivity index (χ2n) is 5.20. The lowest BCUT2D eigenvalue weighted by atomic mass is 10.00. The average molecular weight is 310 g/mol. The van der Waals surface area contributed by atoms with Crippen LogP contribution in [0.15, 0.2) is 47.4 Å². The van der Waals surface area contributed by atoms with Gasteiger partial charge in [0.1, 0.15) is 11.6 Å². The normalized spacial score (nSPS) is 10.7. The summed E-state index contributed by atoms with van der Waals surface area (Å²) < 4.78 is 28.0. The van der Waals surface area contributed by atoms with Crippen molar-refractivity contribution in [1.82, 2.24) is 4.98 Å². The molecule has 2 aromatic carbocycles. The number of hydrogen-bond donors (Lipinski definition) is 1. The van der Waals surface area contributed by atoms with Crippen LogP contribution in [0.3, 0.4) is 0 Å². The first-order valence-corrected chi connectivity index (χ1v) is 7.08. The van der Waals surface area contributed by atoms with Gasteiger partial charge in [0.15, 0.2) is 11.6 Å². The van der Waals surface area contributed by atoms with E-state index in [9.17, 15) is 13.6 Å². The van der Waals surface area contributed by atoms with Crippen molar-refractivity contribution < 1.29 is 8.78 Å². The zero-order valence-corrected chi connectivity index (χ0v) is 12.1. The summed E-state index contributed by atoms with van der Waals surface area (Å²) in [6.07, 6.45) is 1.98. The Balaban J connectivity index is 2.12. The predicted octanol–water partition coefficient (Wildman–Crippen LogP) is 3.46. The number of aryl methyl sites for hydroxylation is 2. The van der Waals surface area contributed by atoms with Crippen molar-refractivity contribution in [1.29, 1.82) is 5.26 Å². The van der Waals surface area contributed by atoms with Crippen LogP contribution in [0.25, 0.3) is 10.9 Å². The summed E-state index contributed by atoms with van der Waals surface area (Å²) >= 11 is 0. The molecule has 0 bridgehead atoms. The maximum Gasteiger partial charge on any atom is 0.207 e. The van der Waals surface area contributed by atoms with Gasteiger partial charge in [-0.2, -0.15) is 5.26 Å². The first kappa shape index (κ1) is 14.9. The zero-order valence-electron chi connectivity index (χ0n) is 12.1. The lowest BCUT2D eigenvalue weighted by Crippen LogP contribution is -2.11. The molecule has 5 heteroatoms. The van der Waals surface area contributed by atoms with E-state index in [2.05, 4.69) is 4.98 Å². The Hall–Kier alpha value is -3.00. The SMILES string of the molecule is N#Cc1c[nH]c2c(CCc3ccccc3)c(F)c(F)cc2c1=O. The minimum Gasteiger partial charge on any atom is -0.359 e. The molecule has 0 fully saturated rings. The molecule has 0 atom stereocenters. The summed E-state index contributed by atoms with van der Waals surface area (Å²) in [5.74, 6) is -2.05. The van der Waals surface area contributed by atoms with Crippen molar-refractivity contribution >= 4 is 10.9 Å². The number of nitrogens with one attached hydrogen (secondary N) is 1. The fourth-order valence-corrected chi connectivity index (χ4v) is 2.61. The minimum absolute atomic E-state index is 0.00832. The summed E-state index contributed by atoms with van der Waals surface area (Å²) in [6, 6.07) is 12.0. The second-order valence-corrected chi connectivity index (χ2v) is 5.20. The van der Waals surface area contributed by atoms with Crippen LogP contribution in [-0.2, 0) is 12.8 Å². The number of pyridine rings is 1. The summed E-state index contributed by atoms with van der Waals surface area (Å²) in [5.41, 5.74) is 0.619. The van der Waals surface area contributed by atoms with E-state index in [0.717, 1.165) is 11.6 Å². The molecule has 0 unspecified atom stereocenters. The topological polar surface area (TPSA) is 56.6 Å². The van der Waals surface area contributed by atoms with Crippen LogP contribution in [0.1, 0.15) is 16.7 Å². The summed E-state index contributed by atoms with van der Waals surface area (Å²) in [5, 5.41) is 8.88. The van der Waals surface area contributed by atoms with Gasteiger partial charge < -0.3 is 4.98 Å². The van der Waals surface area contributed by atoms with Gasteiger partial charge in [-0.05, 0) is 24.5 Å². The molecule has 1 heterocycles. The van der Waals surface area contributed by atoms with Gasteiger partial charge in [-0.15, -0.1) is 0 Å². The molecule has 3 rings (SSSR count). The molecule has 0 saturated carbocycles. The standard InChI is InChI=1S/C18H12F2N2O/c19-15-8-14-17(22-10-12(9-21)18(14)23)13(16(15)20)7-6-11-4-2-1-3-5-11/h1-5,8,10H,6-7H2,(H,22,23). The van der Waals surface area contributed by atoms with Gasteiger partial charge in [0.05, 0.1) is 10.9 Å². The van der Waals surface area contributed by atoms with Crippen LogP contribution >= 0.6 is 0 Å². The Morgan fingerprint density at radius 2 is 1.87 bits per heavy atom. The van der Waals surface area contributed by atoms with Crippen LogP contribution < -0.4 is 5.43 Å². The molecule has 3 nitrogen and oxygen atoms in total. The van der Waals surface area contributed by atoms with Crippen LogP contribution in [0, 0.1) is 23.0 Å². The number of benzene rings is 2. The van der Waals surface area contributed by atoms with Gasteiger partial charge >= 0.3 is 0 Å². The van der Waals surface area contributed by atoms with Gasteiger partial charge in [-0.1, -0.05) is 30.3 Å². The third-order valence-corrected chi connectivity index (χ3v) is 3.79. The number of aromatic nitrogens is 1. The van der Waals surface area contributed by atoms with E-state index in [-0.39, 0.29) is 28.5 Å². The molecule has 114 valence electrons. The molecule has 0 aliphatic carbocycles. The van der Waals surface area contributed by atoms with E-state index >= 15 is 0 Å². The van der Waals surface area contributed by atoms with Gasteiger partial charge in [0, 0.05) is 11.8 Å². The maximum atomic E-state index is 14.2. The highest BCUT2D eigenvalue weighted by molar-refractivity contribution is 5.83. The van der Waals surface area contributed by atoms with E-state index in [1.54, 1.807) is 6.07 Å². The quantitative estimate of drug-likeness (QED) is 0.805. The van der Waals surface area contributed by atoms with Gasteiger partial charge in [0.25, 0.3) is 0 Å². The van der Waals surface area contributed by atoms with Crippen molar-refractivity contribution in [2.75, 3.05) is 0 Å². The number of fused-ring (bicyclic) bond motifs is 1. The number of nitriles is 1. The Bertz CT molecular complexity index is 972. The number of rotatable bonds is 3. The molecule has 0 spiro atoms. The van der Waals surface area contributed by atoms with Gasteiger partial charge in [0.2, 0.25) is 5.43 Å². The number of aromatic amines is 1. The molecule has 0 amide bonds. The van der Waals surface area contributed by atoms with E-state index in [1.165, 1.54) is 6.20 Å². The summed E-state index contributed by atoms with van der Waals surface area (Å²) in [7, 11) is 0. The van der Waals surface area contributed by atoms with Crippen molar-refractivity contribution in [3.63, 3.8) is 0 Å². The maximum absolute atomic E-state index is 14.2. The summed E-state index contributed by atoms with van der Waals surface area (Å²) in [6.45, 7) is 0. The molecule has 0 saturated heterocycles.